The van der Waals surface area contributed by atoms with Crippen molar-refractivity contribution in [2.75, 3.05) is 13.6 Å². The lowest BCUT2D eigenvalue weighted by Crippen LogP contribution is -2.38. The van der Waals surface area contributed by atoms with Crippen molar-refractivity contribution < 1.29 is 0 Å². The van der Waals surface area contributed by atoms with Crippen LogP contribution in [0.5, 0.6) is 0 Å². The molecule has 2 N–H and O–H groups in total. The van der Waals surface area contributed by atoms with Gasteiger partial charge < -0.3 is 10.6 Å². The molecule has 2 aromatic heterocycles. The molecule has 0 spiro atoms. The summed E-state index contributed by atoms with van der Waals surface area (Å²) >= 11 is 1.77. The second-order valence-corrected chi connectivity index (χ2v) is 8.10. The highest BCUT2D eigenvalue weighted by atomic mass is 127. The van der Waals surface area contributed by atoms with Gasteiger partial charge in [0.2, 0.25) is 0 Å². The molecule has 0 saturated heterocycles. The Balaban J connectivity index is 0.00000300. The monoisotopic (exact) mass is 524 g/mol. The summed E-state index contributed by atoms with van der Waals surface area (Å²) < 4.78 is 2.00. The van der Waals surface area contributed by atoms with Crippen molar-refractivity contribution in [1.29, 1.82) is 0 Å². The van der Waals surface area contributed by atoms with Gasteiger partial charge in [0.05, 0.1) is 22.1 Å². The first-order valence-corrected chi connectivity index (χ1v) is 10.3. The van der Waals surface area contributed by atoms with Crippen molar-refractivity contribution in [1.82, 2.24) is 25.4 Å². The maximum Gasteiger partial charge on any atom is 0.191 e. The molecule has 0 saturated carbocycles. The Bertz CT molecular complexity index is 975. The second-order valence-electron chi connectivity index (χ2n) is 6.81. The van der Waals surface area contributed by atoms with Crippen LogP contribution in [0, 0.1) is 27.7 Å². The quantitative estimate of drug-likeness (QED) is 0.290. The number of rotatable bonds is 6. The molecule has 0 aliphatic heterocycles. The number of aliphatic imine (C=N–C) groups is 1. The highest BCUT2D eigenvalue weighted by molar-refractivity contribution is 14.0. The van der Waals surface area contributed by atoms with Crippen LogP contribution in [0.25, 0.3) is 5.69 Å². The van der Waals surface area contributed by atoms with Gasteiger partial charge in [0.25, 0.3) is 0 Å². The molecular weight excluding hydrogens is 495 g/mol. The van der Waals surface area contributed by atoms with E-state index in [-0.39, 0.29) is 24.0 Å². The predicted molar refractivity (Wildman–Crippen MR) is 132 cm³/mol. The smallest absolute Gasteiger partial charge is 0.191 e. The Labute approximate surface area is 193 Å². The van der Waals surface area contributed by atoms with Crippen LogP contribution < -0.4 is 10.6 Å². The topological polar surface area (TPSA) is 67.1 Å². The van der Waals surface area contributed by atoms with Crippen LogP contribution in [0.15, 0.2) is 35.3 Å². The lowest BCUT2D eigenvalue weighted by molar-refractivity contribution is 0.776. The van der Waals surface area contributed by atoms with Gasteiger partial charge in [-0.05, 0) is 45.4 Å². The lowest BCUT2D eigenvalue weighted by Gasteiger charge is -2.15. The molecule has 0 amide bonds. The Morgan fingerprint density at radius 1 is 1.14 bits per heavy atom. The minimum Gasteiger partial charge on any atom is -0.356 e. The minimum atomic E-state index is 0. The van der Waals surface area contributed by atoms with Crippen molar-refractivity contribution >= 4 is 41.3 Å². The molecule has 156 valence electrons. The largest absolute Gasteiger partial charge is 0.356 e. The normalized spacial score (nSPS) is 11.3. The maximum absolute atomic E-state index is 4.62. The maximum atomic E-state index is 4.62. The van der Waals surface area contributed by atoms with Crippen LogP contribution in [0.3, 0.4) is 0 Å². The molecule has 3 aromatic rings. The summed E-state index contributed by atoms with van der Waals surface area (Å²) in [7, 11) is 1.80. The van der Waals surface area contributed by atoms with E-state index in [0.29, 0.717) is 6.54 Å². The van der Waals surface area contributed by atoms with Gasteiger partial charge in [-0.15, -0.1) is 35.3 Å². The highest BCUT2D eigenvalue weighted by Crippen LogP contribution is 2.18. The standard InChI is InChI=1S/C21H28N6S.HI/c1-14-12-15(2)27(26-14)19-9-7-6-8-18(19)13-24-21(22-5)23-11-10-20-16(3)25-17(4)28-20;/h6-9,12H,10-11,13H2,1-5H3,(H2,22,23,24);1H. The highest BCUT2D eigenvalue weighted by Gasteiger charge is 2.09. The summed E-state index contributed by atoms with van der Waals surface area (Å²) in [4.78, 5) is 10.2. The number of guanidine groups is 1. The number of aromatic nitrogens is 3. The molecule has 0 atom stereocenters. The van der Waals surface area contributed by atoms with Gasteiger partial charge in [-0.1, -0.05) is 18.2 Å². The SMILES string of the molecule is CN=C(NCCc1sc(C)nc1C)NCc1ccccc1-n1nc(C)cc1C.I. The molecule has 8 heteroatoms. The van der Waals surface area contributed by atoms with Gasteiger partial charge in [0.15, 0.2) is 5.96 Å². The molecule has 2 heterocycles. The van der Waals surface area contributed by atoms with Crippen molar-refractivity contribution in [3.63, 3.8) is 0 Å². The van der Waals surface area contributed by atoms with E-state index in [1.54, 1.807) is 18.4 Å². The number of thiazole rings is 1. The van der Waals surface area contributed by atoms with Crippen LogP contribution in [-0.2, 0) is 13.0 Å². The number of hydrogen-bond acceptors (Lipinski definition) is 4. The average molecular weight is 524 g/mol. The summed E-state index contributed by atoms with van der Waals surface area (Å²) in [6.45, 7) is 9.71. The van der Waals surface area contributed by atoms with E-state index in [1.165, 1.54) is 10.4 Å². The zero-order valence-electron chi connectivity index (χ0n) is 17.6. The summed E-state index contributed by atoms with van der Waals surface area (Å²) in [5.74, 6) is 0.794. The van der Waals surface area contributed by atoms with E-state index in [1.807, 2.05) is 17.7 Å². The first-order chi connectivity index (χ1) is 13.5. The summed E-state index contributed by atoms with van der Waals surface area (Å²) in [5.41, 5.74) is 5.54. The van der Waals surface area contributed by atoms with E-state index in [0.717, 1.165) is 46.7 Å². The van der Waals surface area contributed by atoms with Crippen molar-refractivity contribution in [2.45, 2.75) is 40.7 Å². The van der Waals surface area contributed by atoms with E-state index in [4.69, 9.17) is 0 Å². The third kappa shape index (κ3) is 6.02. The van der Waals surface area contributed by atoms with Crippen molar-refractivity contribution in [2.24, 2.45) is 4.99 Å². The number of benzene rings is 1. The lowest BCUT2D eigenvalue weighted by atomic mass is 10.1. The zero-order valence-corrected chi connectivity index (χ0v) is 20.8. The predicted octanol–water partition coefficient (Wildman–Crippen LogP) is 4.09. The number of nitrogens with zero attached hydrogens (tertiary/aromatic N) is 4. The van der Waals surface area contributed by atoms with Crippen LogP contribution in [0.2, 0.25) is 0 Å². The average Bonchev–Trinajstić information content (AvgIpc) is 3.18. The van der Waals surface area contributed by atoms with Gasteiger partial charge in [0, 0.05) is 37.1 Å². The molecule has 29 heavy (non-hydrogen) atoms. The number of halogens is 1. The molecule has 0 unspecified atom stereocenters. The van der Waals surface area contributed by atoms with Crippen molar-refractivity contribution in [3.8, 4) is 5.69 Å². The molecule has 0 aliphatic carbocycles. The Kier molecular flexibility index (Phi) is 8.63. The first-order valence-electron chi connectivity index (χ1n) is 9.47. The first kappa shape index (κ1) is 23.3. The number of aryl methyl sites for hydroxylation is 4. The molecule has 0 radical (unpaired) electrons. The fourth-order valence-electron chi connectivity index (χ4n) is 3.24. The summed E-state index contributed by atoms with van der Waals surface area (Å²) in [6.07, 6.45) is 0.945. The Hall–Kier alpha value is -1.94. The fourth-order valence-corrected chi connectivity index (χ4v) is 4.18. The van der Waals surface area contributed by atoms with Gasteiger partial charge in [0.1, 0.15) is 0 Å². The third-order valence-electron chi connectivity index (χ3n) is 4.54. The van der Waals surface area contributed by atoms with Gasteiger partial charge in [-0.2, -0.15) is 5.10 Å². The molecule has 0 aliphatic rings. The van der Waals surface area contributed by atoms with Gasteiger partial charge in [-0.25, -0.2) is 9.67 Å². The fraction of sp³-hybridized carbons (Fsp3) is 0.381. The van der Waals surface area contributed by atoms with Crippen LogP contribution in [-0.4, -0.2) is 34.3 Å². The van der Waals surface area contributed by atoms with Crippen molar-refractivity contribution in [3.05, 3.63) is 62.9 Å². The van der Waals surface area contributed by atoms with Gasteiger partial charge in [-0.3, -0.25) is 4.99 Å². The molecule has 1 aromatic carbocycles. The van der Waals surface area contributed by atoms with E-state index < -0.39 is 0 Å². The Morgan fingerprint density at radius 2 is 1.90 bits per heavy atom. The molecule has 6 nitrogen and oxygen atoms in total. The summed E-state index contributed by atoms with van der Waals surface area (Å²) in [6, 6.07) is 10.4. The second kappa shape index (κ2) is 10.7. The molecule has 0 bridgehead atoms. The van der Waals surface area contributed by atoms with E-state index in [9.17, 15) is 0 Å². The zero-order chi connectivity index (χ0) is 20.1. The van der Waals surface area contributed by atoms with Crippen LogP contribution >= 0.6 is 35.3 Å². The third-order valence-corrected chi connectivity index (χ3v) is 5.68. The summed E-state index contributed by atoms with van der Waals surface area (Å²) in [5, 5.41) is 12.5. The van der Waals surface area contributed by atoms with E-state index in [2.05, 4.69) is 70.7 Å². The van der Waals surface area contributed by atoms with Crippen LogP contribution in [0.1, 0.15) is 32.5 Å². The Morgan fingerprint density at radius 3 is 2.52 bits per heavy atom. The molecule has 3 rings (SSSR count). The number of hydrogen-bond donors (Lipinski definition) is 2. The van der Waals surface area contributed by atoms with E-state index >= 15 is 0 Å². The number of nitrogens with one attached hydrogen (secondary N) is 2. The van der Waals surface area contributed by atoms with Gasteiger partial charge >= 0.3 is 0 Å². The molecule has 0 fully saturated rings. The van der Waals surface area contributed by atoms with Crippen LogP contribution in [0.4, 0.5) is 0 Å². The number of para-hydroxylation sites is 1. The minimum absolute atomic E-state index is 0. The molecular formula is C21H29IN6S.